The highest BCUT2D eigenvalue weighted by Crippen LogP contribution is 2.21. The van der Waals surface area contributed by atoms with Crippen LogP contribution in [0.3, 0.4) is 0 Å². The molecule has 0 aliphatic carbocycles. The van der Waals surface area contributed by atoms with Gasteiger partial charge in [0, 0.05) is 31.2 Å². The zero-order chi connectivity index (χ0) is 19.5. The van der Waals surface area contributed by atoms with Crippen LogP contribution in [0.15, 0.2) is 29.2 Å². The molecule has 1 aromatic rings. The lowest BCUT2D eigenvalue weighted by Gasteiger charge is -2.27. The molecule has 1 aromatic carbocycles. The van der Waals surface area contributed by atoms with Crippen LogP contribution in [0.5, 0.6) is 0 Å². The molecule has 26 heavy (non-hydrogen) atoms. The van der Waals surface area contributed by atoms with Crippen LogP contribution in [0, 0.1) is 0 Å². The maximum atomic E-state index is 12.8. The number of carbonyl (C=O) groups excluding carboxylic acids is 1. The minimum atomic E-state index is -3.57. The van der Waals surface area contributed by atoms with Gasteiger partial charge in [-0.3, -0.25) is 4.79 Å². The van der Waals surface area contributed by atoms with E-state index in [9.17, 15) is 21.6 Å². The Labute approximate surface area is 156 Å². The quantitative estimate of drug-likeness (QED) is 0.687. The van der Waals surface area contributed by atoms with Crippen LogP contribution in [-0.2, 0) is 19.9 Å². The molecule has 2 rings (SSSR count). The van der Waals surface area contributed by atoms with Crippen molar-refractivity contribution in [3.8, 4) is 0 Å². The fourth-order valence-corrected chi connectivity index (χ4v) is 6.43. The van der Waals surface area contributed by atoms with Gasteiger partial charge in [-0.05, 0) is 37.6 Å². The van der Waals surface area contributed by atoms with Crippen molar-refractivity contribution in [2.24, 2.45) is 0 Å². The average Bonchev–Trinajstić information content (AvgIpc) is 2.96. The SMILES string of the molecule is CCN(C(=O)c1ccc(S(=O)(=O)N(CC)CC)cc1)C1CCS(=O)(=O)C1. The molecule has 1 fully saturated rings. The van der Waals surface area contributed by atoms with Gasteiger partial charge in [0.15, 0.2) is 9.84 Å². The van der Waals surface area contributed by atoms with E-state index in [4.69, 9.17) is 0 Å². The van der Waals surface area contributed by atoms with E-state index in [-0.39, 0.29) is 28.4 Å². The summed E-state index contributed by atoms with van der Waals surface area (Å²) in [4.78, 5) is 14.4. The Kier molecular flexibility index (Phi) is 6.46. The number of hydrogen-bond donors (Lipinski definition) is 0. The predicted octanol–water partition coefficient (Wildman–Crippen LogP) is 1.37. The molecule has 1 atom stereocenters. The summed E-state index contributed by atoms with van der Waals surface area (Å²) in [6.45, 7) is 6.50. The number of hydrogen-bond acceptors (Lipinski definition) is 5. The first-order valence-electron chi connectivity index (χ1n) is 8.77. The molecule has 1 unspecified atom stereocenters. The number of amides is 1. The first-order valence-corrected chi connectivity index (χ1v) is 12.0. The van der Waals surface area contributed by atoms with Crippen molar-refractivity contribution in [3.05, 3.63) is 29.8 Å². The lowest BCUT2D eigenvalue weighted by molar-refractivity contribution is 0.0708. The zero-order valence-electron chi connectivity index (χ0n) is 15.4. The molecule has 0 radical (unpaired) electrons. The molecule has 7 nitrogen and oxygen atoms in total. The Morgan fingerprint density at radius 2 is 1.65 bits per heavy atom. The van der Waals surface area contributed by atoms with Crippen LogP contribution in [0.25, 0.3) is 0 Å². The third-order valence-corrected chi connectivity index (χ3v) is 8.51. The molecule has 0 aromatic heterocycles. The van der Waals surface area contributed by atoms with Gasteiger partial charge in [-0.25, -0.2) is 16.8 Å². The largest absolute Gasteiger partial charge is 0.335 e. The van der Waals surface area contributed by atoms with Gasteiger partial charge in [-0.15, -0.1) is 0 Å². The predicted molar refractivity (Wildman–Crippen MR) is 100 cm³/mol. The Morgan fingerprint density at radius 1 is 1.08 bits per heavy atom. The van der Waals surface area contributed by atoms with Crippen molar-refractivity contribution in [2.45, 2.75) is 38.1 Å². The van der Waals surface area contributed by atoms with E-state index >= 15 is 0 Å². The van der Waals surface area contributed by atoms with Crippen LogP contribution < -0.4 is 0 Å². The van der Waals surface area contributed by atoms with E-state index in [1.54, 1.807) is 18.7 Å². The van der Waals surface area contributed by atoms with Crippen molar-refractivity contribution in [3.63, 3.8) is 0 Å². The highest BCUT2D eigenvalue weighted by Gasteiger charge is 2.34. The van der Waals surface area contributed by atoms with Gasteiger partial charge in [-0.2, -0.15) is 4.31 Å². The normalized spacial score (nSPS) is 19.6. The fraction of sp³-hybridized carbons (Fsp3) is 0.588. The summed E-state index contributed by atoms with van der Waals surface area (Å²) in [6.07, 6.45) is 0.441. The molecule has 0 spiro atoms. The average molecular weight is 403 g/mol. The third-order valence-electron chi connectivity index (χ3n) is 4.70. The van der Waals surface area contributed by atoms with Gasteiger partial charge in [0.25, 0.3) is 5.91 Å². The molecule has 146 valence electrons. The summed E-state index contributed by atoms with van der Waals surface area (Å²) < 4.78 is 49.7. The highest BCUT2D eigenvalue weighted by molar-refractivity contribution is 7.91. The molecule has 9 heteroatoms. The number of nitrogens with zero attached hydrogens (tertiary/aromatic N) is 2. The van der Waals surface area contributed by atoms with Crippen molar-refractivity contribution < 1.29 is 21.6 Å². The third kappa shape index (κ3) is 4.27. The van der Waals surface area contributed by atoms with Crippen molar-refractivity contribution in [2.75, 3.05) is 31.1 Å². The monoisotopic (exact) mass is 402 g/mol. The molecular formula is C17H26N2O5S2. The van der Waals surface area contributed by atoms with Crippen molar-refractivity contribution in [1.29, 1.82) is 0 Å². The van der Waals surface area contributed by atoms with Crippen molar-refractivity contribution in [1.82, 2.24) is 9.21 Å². The topological polar surface area (TPSA) is 91.8 Å². The second-order valence-corrected chi connectivity index (χ2v) is 10.4. The molecule has 0 saturated carbocycles. The minimum Gasteiger partial charge on any atom is -0.335 e. The van der Waals surface area contributed by atoms with Gasteiger partial charge in [0.2, 0.25) is 10.0 Å². The Hall–Kier alpha value is -1.45. The zero-order valence-corrected chi connectivity index (χ0v) is 17.0. The number of carbonyl (C=O) groups is 1. The minimum absolute atomic E-state index is 0.0129. The van der Waals surface area contributed by atoms with E-state index < -0.39 is 19.9 Å². The van der Waals surface area contributed by atoms with E-state index in [1.807, 2.05) is 6.92 Å². The van der Waals surface area contributed by atoms with Crippen LogP contribution in [0.1, 0.15) is 37.6 Å². The smallest absolute Gasteiger partial charge is 0.254 e. The standard InChI is InChI=1S/C17H26N2O5S2/c1-4-18(5-2)26(23,24)16-9-7-14(8-10-16)17(20)19(6-3)15-11-12-25(21,22)13-15/h7-10,15H,4-6,11-13H2,1-3H3. The van der Waals surface area contributed by atoms with Gasteiger partial charge in [0.05, 0.1) is 16.4 Å². The van der Waals surface area contributed by atoms with E-state index in [0.29, 0.717) is 31.6 Å². The molecule has 1 heterocycles. The first kappa shape index (κ1) is 20.9. The lowest BCUT2D eigenvalue weighted by atomic mass is 10.1. The lowest BCUT2D eigenvalue weighted by Crippen LogP contribution is -2.41. The Bertz CT molecular complexity index is 844. The summed E-state index contributed by atoms with van der Waals surface area (Å²) in [5.41, 5.74) is 0.356. The Morgan fingerprint density at radius 3 is 2.08 bits per heavy atom. The molecule has 1 aliphatic heterocycles. The second-order valence-electron chi connectivity index (χ2n) is 6.26. The van der Waals surface area contributed by atoms with Gasteiger partial charge >= 0.3 is 0 Å². The molecule has 1 amide bonds. The van der Waals surface area contributed by atoms with Gasteiger partial charge in [0.1, 0.15) is 0 Å². The Balaban J connectivity index is 2.23. The number of benzene rings is 1. The van der Waals surface area contributed by atoms with Crippen LogP contribution in [0.2, 0.25) is 0 Å². The molecular weight excluding hydrogens is 376 g/mol. The van der Waals surface area contributed by atoms with Crippen LogP contribution in [0.4, 0.5) is 0 Å². The summed E-state index contributed by atoms with van der Waals surface area (Å²) in [5, 5.41) is 0. The van der Waals surface area contributed by atoms with Crippen LogP contribution in [-0.4, -0.2) is 69.1 Å². The molecule has 0 bridgehead atoms. The second kappa shape index (κ2) is 8.06. The van der Waals surface area contributed by atoms with E-state index in [1.165, 1.54) is 28.6 Å². The number of sulfone groups is 1. The molecule has 1 saturated heterocycles. The maximum Gasteiger partial charge on any atom is 0.254 e. The first-order chi connectivity index (χ1) is 12.2. The van der Waals surface area contributed by atoms with E-state index in [2.05, 4.69) is 0 Å². The molecule has 0 N–H and O–H groups in total. The molecule has 1 aliphatic rings. The van der Waals surface area contributed by atoms with Crippen LogP contribution >= 0.6 is 0 Å². The van der Waals surface area contributed by atoms with Gasteiger partial charge in [-0.1, -0.05) is 13.8 Å². The number of sulfonamides is 1. The fourth-order valence-electron chi connectivity index (χ4n) is 3.24. The summed E-state index contributed by atoms with van der Waals surface area (Å²) in [5.74, 6) is -0.190. The maximum absolute atomic E-state index is 12.8. The van der Waals surface area contributed by atoms with Gasteiger partial charge < -0.3 is 4.90 Å². The van der Waals surface area contributed by atoms with E-state index in [0.717, 1.165) is 0 Å². The van der Waals surface area contributed by atoms with Crippen molar-refractivity contribution >= 4 is 25.8 Å². The number of rotatable bonds is 7. The summed E-state index contributed by atoms with van der Waals surface area (Å²) in [6, 6.07) is 5.52. The highest BCUT2D eigenvalue weighted by atomic mass is 32.2. The summed E-state index contributed by atoms with van der Waals surface area (Å²) >= 11 is 0. The summed E-state index contributed by atoms with van der Waals surface area (Å²) in [7, 11) is -6.66.